The lowest BCUT2D eigenvalue weighted by atomic mass is 9.99. The monoisotopic (exact) mass is 840 g/mol. The molecule has 4 amide bonds. The van der Waals surface area contributed by atoms with E-state index in [0.29, 0.717) is 75.8 Å². The number of aromatic nitrogens is 2. The molecule has 13 nitrogen and oxygen atoms in total. The number of thiophene rings is 1. The SMILES string of the molecule is Cc1sc2c(c1C)C(c1ccc(Cl)cc1)=NC(CC(=O)NCCCOCCOCCOCCCNC(=O)CCCCC1SCC3NC(=O)NC31)c1n-2c(C)c2[n+]1C2. The van der Waals surface area contributed by atoms with Gasteiger partial charge in [0.2, 0.25) is 11.8 Å². The molecule has 7 rings (SSSR count). The Morgan fingerprint density at radius 1 is 0.930 bits per heavy atom. The number of halogens is 1. The Hall–Kier alpha value is -3.47. The first-order chi connectivity index (χ1) is 27.7. The molecule has 3 aromatic rings. The zero-order valence-corrected chi connectivity index (χ0v) is 35.5. The van der Waals surface area contributed by atoms with Gasteiger partial charge >= 0.3 is 6.03 Å². The molecule has 4 unspecified atom stereocenters. The lowest BCUT2D eigenvalue weighted by Crippen LogP contribution is -2.36. The van der Waals surface area contributed by atoms with Gasteiger partial charge in [-0.3, -0.25) is 14.6 Å². The lowest BCUT2D eigenvalue weighted by molar-refractivity contribution is -0.584. The largest absolute Gasteiger partial charge is 0.379 e. The first-order valence-corrected chi connectivity index (χ1v) is 22.5. The molecular weight excluding hydrogens is 786 g/mol. The number of imidazole rings is 1. The number of nitrogens with one attached hydrogen (secondary N) is 4. The van der Waals surface area contributed by atoms with Crippen LogP contribution < -0.4 is 25.8 Å². The summed E-state index contributed by atoms with van der Waals surface area (Å²) in [5.41, 5.74) is 6.75. The number of benzene rings is 1. The summed E-state index contributed by atoms with van der Waals surface area (Å²) in [5.74, 6) is 2.07. The van der Waals surface area contributed by atoms with Crippen LogP contribution in [0.25, 0.3) is 5.00 Å². The lowest BCUT2D eigenvalue weighted by Gasteiger charge is -2.16. The first-order valence-electron chi connectivity index (χ1n) is 20.2. The number of amides is 4. The van der Waals surface area contributed by atoms with E-state index in [1.54, 1.807) is 11.3 Å². The zero-order valence-electron chi connectivity index (χ0n) is 33.1. The molecular formula is C41H55ClN7O6S2+. The Morgan fingerprint density at radius 3 is 2.33 bits per heavy atom. The second-order valence-electron chi connectivity index (χ2n) is 15.1. The summed E-state index contributed by atoms with van der Waals surface area (Å²) in [6, 6.07) is 7.89. The maximum atomic E-state index is 13.3. The minimum atomic E-state index is -0.332. The second kappa shape index (κ2) is 19.5. The fourth-order valence-corrected chi connectivity index (χ4v) is 10.8. The van der Waals surface area contributed by atoms with Crippen LogP contribution in [0.5, 0.6) is 0 Å². The number of ether oxygens (including phenoxy) is 3. The number of hydrogen-bond donors (Lipinski definition) is 4. The molecule has 16 heteroatoms. The minimum Gasteiger partial charge on any atom is -0.379 e. The summed E-state index contributed by atoms with van der Waals surface area (Å²) >= 11 is 9.95. The van der Waals surface area contributed by atoms with Gasteiger partial charge in [-0.15, -0.1) is 0 Å². The van der Waals surface area contributed by atoms with E-state index in [4.69, 9.17) is 30.8 Å². The Kier molecular flexibility index (Phi) is 14.3. The van der Waals surface area contributed by atoms with Crippen LogP contribution in [0, 0.1) is 20.8 Å². The summed E-state index contributed by atoms with van der Waals surface area (Å²) in [5, 5.41) is 14.3. The molecule has 57 heavy (non-hydrogen) atoms. The van der Waals surface area contributed by atoms with Crippen LogP contribution in [0.4, 0.5) is 4.79 Å². The van der Waals surface area contributed by atoms with Crippen molar-refractivity contribution in [2.45, 2.75) is 95.6 Å². The van der Waals surface area contributed by atoms with Crippen LogP contribution in [0.1, 0.15) is 89.8 Å². The summed E-state index contributed by atoms with van der Waals surface area (Å²) in [6.45, 7) is 11.5. The number of fused-ring (bicyclic) bond motifs is 6. The van der Waals surface area contributed by atoms with Crippen LogP contribution >= 0.6 is 34.7 Å². The van der Waals surface area contributed by atoms with Crippen molar-refractivity contribution in [2.75, 3.05) is 58.5 Å². The normalized spacial score (nSPS) is 20.1. The Labute approximate surface area is 348 Å². The van der Waals surface area contributed by atoms with Crippen LogP contribution in [-0.2, 0) is 30.3 Å². The molecule has 1 aromatic carbocycles. The van der Waals surface area contributed by atoms with Gasteiger partial charge in [-0.2, -0.15) is 16.3 Å². The summed E-state index contributed by atoms with van der Waals surface area (Å²) in [7, 11) is 0. The minimum absolute atomic E-state index is 0.0355. The quantitative estimate of drug-likeness (QED) is 0.0504. The van der Waals surface area contributed by atoms with E-state index < -0.39 is 0 Å². The first kappa shape index (κ1) is 41.7. The molecule has 4 aliphatic heterocycles. The van der Waals surface area contributed by atoms with Gasteiger partial charge in [0.05, 0.1) is 56.2 Å². The van der Waals surface area contributed by atoms with Crippen molar-refractivity contribution in [2.24, 2.45) is 4.99 Å². The van der Waals surface area contributed by atoms with Gasteiger partial charge in [-0.1, -0.05) is 41.5 Å². The molecule has 2 saturated heterocycles. The van der Waals surface area contributed by atoms with Crippen molar-refractivity contribution in [3.05, 3.63) is 68.1 Å². The van der Waals surface area contributed by atoms with Crippen molar-refractivity contribution in [1.29, 1.82) is 0 Å². The number of thioether (sulfide) groups is 1. The smallest absolute Gasteiger partial charge is 0.315 e. The number of unbranched alkanes of at least 4 members (excludes halogenated alkanes) is 1. The Bertz CT molecular complexity index is 1950. The van der Waals surface area contributed by atoms with Crippen molar-refractivity contribution < 1.29 is 33.2 Å². The topological polar surface area (TPSA) is 148 Å². The van der Waals surface area contributed by atoms with E-state index in [2.05, 4.69) is 51.2 Å². The Balaban J connectivity index is 0.724. The highest BCUT2D eigenvalue weighted by Crippen LogP contribution is 2.42. The number of carbonyl (C=O) groups excluding carboxylic acids is 3. The highest BCUT2D eigenvalue weighted by Gasteiger charge is 2.47. The molecule has 2 aromatic heterocycles. The fourth-order valence-electron chi connectivity index (χ4n) is 7.89. The highest BCUT2D eigenvalue weighted by atomic mass is 35.5. The molecule has 2 fully saturated rings. The summed E-state index contributed by atoms with van der Waals surface area (Å²) < 4.78 is 21.6. The maximum Gasteiger partial charge on any atom is 0.315 e. The number of aliphatic imine (C=N–C) groups is 1. The van der Waals surface area contributed by atoms with Gasteiger partial charge in [-0.05, 0) is 57.2 Å². The molecule has 4 atom stereocenters. The van der Waals surface area contributed by atoms with Crippen molar-refractivity contribution in [3.63, 3.8) is 0 Å². The zero-order chi connectivity index (χ0) is 39.9. The molecule has 0 spiro atoms. The Morgan fingerprint density at radius 2 is 1.61 bits per heavy atom. The molecule has 308 valence electrons. The third-order valence-corrected chi connectivity index (χ3v) is 14.0. The van der Waals surface area contributed by atoms with Crippen LogP contribution in [-0.4, -0.2) is 104 Å². The maximum absolute atomic E-state index is 13.3. The van der Waals surface area contributed by atoms with Crippen molar-refractivity contribution in [1.82, 2.24) is 25.8 Å². The summed E-state index contributed by atoms with van der Waals surface area (Å²) in [6.07, 6.45) is 5.08. The highest BCUT2D eigenvalue weighted by molar-refractivity contribution is 8.00. The third-order valence-electron chi connectivity index (χ3n) is 11.1. The average Bonchev–Trinajstić information content (AvgIpc) is 3.54. The van der Waals surface area contributed by atoms with Crippen LogP contribution in [0.2, 0.25) is 5.02 Å². The molecule has 4 N–H and O–H groups in total. The van der Waals surface area contributed by atoms with Crippen LogP contribution in [0.15, 0.2) is 29.3 Å². The van der Waals surface area contributed by atoms with Crippen molar-refractivity contribution in [3.8, 4) is 5.00 Å². The predicted octanol–water partition coefficient (Wildman–Crippen LogP) is 4.84. The van der Waals surface area contributed by atoms with Gasteiger partial charge in [0, 0.05) is 66.1 Å². The van der Waals surface area contributed by atoms with E-state index in [0.717, 1.165) is 65.6 Å². The standard InChI is InChI=1S/C41H54ClN7O6S2/c1-25-27(3)57-40-36(25)37(28-10-12-29(42)13-11-28)45-30(39-48-23-32(48)26(2)49(39)40)22-35(51)44-15-7-17-54-19-21-55-20-18-53-16-6-14-43-34(50)9-5-4-8-33-38-31(24-56-33)46-41(52)47-38/h10-13,30-31,33,38H,4-9,14-24H2,1-3H3,(H3-,43,44,46,47,50,51,52)/p+1. The summed E-state index contributed by atoms with van der Waals surface area (Å²) in [4.78, 5) is 43.6. The molecule has 4 aliphatic rings. The molecule has 0 aliphatic carbocycles. The van der Waals surface area contributed by atoms with Crippen molar-refractivity contribution >= 4 is 58.3 Å². The van der Waals surface area contributed by atoms with Gasteiger partial charge in [-0.25, -0.2) is 9.36 Å². The third kappa shape index (κ3) is 10.2. The number of nitrogens with zero attached hydrogens (tertiary/aromatic N) is 3. The number of aryl methyl sites for hydroxylation is 1. The van der Waals surface area contributed by atoms with E-state index in [9.17, 15) is 14.4 Å². The van der Waals surface area contributed by atoms with Gasteiger partial charge in [0.1, 0.15) is 0 Å². The van der Waals surface area contributed by atoms with Gasteiger partial charge in [0.15, 0.2) is 29.0 Å². The average molecular weight is 842 g/mol. The number of urea groups is 1. The predicted molar refractivity (Wildman–Crippen MR) is 223 cm³/mol. The van der Waals surface area contributed by atoms with E-state index >= 15 is 0 Å². The number of rotatable bonds is 22. The van der Waals surface area contributed by atoms with Crippen LogP contribution in [0.3, 0.4) is 0 Å². The van der Waals surface area contributed by atoms with Gasteiger partial charge in [0.25, 0.3) is 5.82 Å². The van der Waals surface area contributed by atoms with E-state index in [-0.39, 0.29) is 42.4 Å². The molecule has 6 heterocycles. The van der Waals surface area contributed by atoms with E-state index in [1.165, 1.54) is 21.8 Å². The number of hydrogen-bond acceptors (Lipinski definition) is 9. The molecule has 0 radical (unpaired) electrons. The number of carbonyl (C=O) groups is 3. The second-order valence-corrected chi connectivity index (χ2v) is 18.0. The van der Waals surface area contributed by atoms with E-state index in [1.807, 2.05) is 36.0 Å². The fraction of sp³-hybridized carbons (Fsp3) is 0.585. The molecule has 0 bridgehead atoms. The van der Waals surface area contributed by atoms with Gasteiger partial charge < -0.3 is 35.5 Å². The molecule has 0 saturated carbocycles.